The molecule has 0 bridgehead atoms. The molecule has 4 nitrogen and oxygen atoms in total. The van der Waals surface area contributed by atoms with E-state index in [1.807, 2.05) is 0 Å². The molecule has 0 saturated heterocycles. The number of ether oxygens (including phenoxy) is 1. The molecule has 1 heterocycles. The van der Waals surface area contributed by atoms with E-state index in [-0.39, 0.29) is 24.6 Å². The monoisotopic (exact) mass is 245 g/mol. The molecule has 0 amide bonds. The van der Waals surface area contributed by atoms with Crippen LogP contribution in [0.2, 0.25) is 0 Å². The van der Waals surface area contributed by atoms with Crippen molar-refractivity contribution < 1.29 is 17.5 Å². The maximum absolute atomic E-state index is 13.1. The second kappa shape index (κ2) is 3.93. The van der Waals surface area contributed by atoms with Crippen molar-refractivity contribution in [2.24, 2.45) is 0 Å². The highest BCUT2D eigenvalue weighted by molar-refractivity contribution is 7.92. The summed E-state index contributed by atoms with van der Waals surface area (Å²) in [7, 11) is -3.36. The number of rotatable bonds is 2. The number of sulfonamides is 1. The first-order valence-corrected chi connectivity index (χ1v) is 6.58. The third kappa shape index (κ3) is 1.84. The number of fused-ring (bicyclic) bond motifs is 1. The average Bonchev–Trinajstić information content (AvgIpc) is 2.28. The van der Waals surface area contributed by atoms with Gasteiger partial charge >= 0.3 is 0 Å². The van der Waals surface area contributed by atoms with Crippen molar-refractivity contribution in [1.82, 2.24) is 0 Å². The average molecular weight is 245 g/mol. The third-order valence-electron chi connectivity index (χ3n) is 2.44. The van der Waals surface area contributed by atoms with Gasteiger partial charge in [0.1, 0.15) is 18.2 Å². The van der Waals surface area contributed by atoms with Crippen LogP contribution in [0.15, 0.2) is 18.2 Å². The summed E-state index contributed by atoms with van der Waals surface area (Å²) in [5.41, 5.74) is 0.285. The van der Waals surface area contributed by atoms with Crippen LogP contribution in [-0.2, 0) is 10.0 Å². The van der Waals surface area contributed by atoms with E-state index in [0.29, 0.717) is 5.75 Å². The molecule has 0 saturated carbocycles. The summed E-state index contributed by atoms with van der Waals surface area (Å²) in [4.78, 5) is 0. The maximum Gasteiger partial charge on any atom is 0.235 e. The van der Waals surface area contributed by atoms with Crippen molar-refractivity contribution >= 4 is 15.7 Å². The highest BCUT2D eigenvalue weighted by Crippen LogP contribution is 2.33. The Morgan fingerprint density at radius 2 is 2.25 bits per heavy atom. The number of halogens is 1. The Labute approximate surface area is 93.7 Å². The SMILES string of the molecule is CCS(=O)(=O)N1CCOc2ccc(F)cc21. The van der Waals surface area contributed by atoms with Crippen LogP contribution < -0.4 is 9.04 Å². The number of hydrogen-bond donors (Lipinski definition) is 0. The lowest BCUT2D eigenvalue weighted by atomic mass is 10.2. The first kappa shape index (κ1) is 11.2. The summed E-state index contributed by atoms with van der Waals surface area (Å²) in [6, 6.07) is 3.88. The van der Waals surface area contributed by atoms with E-state index in [1.165, 1.54) is 22.5 Å². The highest BCUT2D eigenvalue weighted by atomic mass is 32.2. The van der Waals surface area contributed by atoms with E-state index < -0.39 is 15.8 Å². The van der Waals surface area contributed by atoms with Gasteiger partial charge in [0.05, 0.1) is 18.0 Å². The zero-order valence-electron chi connectivity index (χ0n) is 8.81. The zero-order chi connectivity index (χ0) is 11.8. The van der Waals surface area contributed by atoms with Gasteiger partial charge in [0, 0.05) is 6.07 Å². The molecule has 2 rings (SSSR count). The normalized spacial score (nSPS) is 15.5. The van der Waals surface area contributed by atoms with Crippen molar-refractivity contribution in [3.8, 4) is 5.75 Å². The standard InChI is InChI=1S/C10H12FNO3S/c1-2-16(13,14)12-5-6-15-10-4-3-8(11)7-9(10)12/h3-4,7H,2,5-6H2,1H3. The first-order valence-electron chi connectivity index (χ1n) is 4.97. The Balaban J connectivity index is 2.51. The van der Waals surface area contributed by atoms with Crippen molar-refractivity contribution in [2.45, 2.75) is 6.92 Å². The van der Waals surface area contributed by atoms with Gasteiger partial charge in [0.15, 0.2) is 0 Å². The van der Waals surface area contributed by atoms with Crippen LogP contribution in [0, 0.1) is 5.82 Å². The molecule has 88 valence electrons. The number of benzene rings is 1. The summed E-state index contributed by atoms with van der Waals surface area (Å²) in [5, 5.41) is 0. The van der Waals surface area contributed by atoms with Crippen molar-refractivity contribution in [3.05, 3.63) is 24.0 Å². The molecule has 6 heteroatoms. The van der Waals surface area contributed by atoms with Crippen LogP contribution >= 0.6 is 0 Å². The zero-order valence-corrected chi connectivity index (χ0v) is 9.63. The minimum absolute atomic E-state index is 0.0110. The fourth-order valence-corrected chi connectivity index (χ4v) is 2.72. The van der Waals surface area contributed by atoms with Crippen LogP contribution in [0.4, 0.5) is 10.1 Å². The van der Waals surface area contributed by atoms with Gasteiger partial charge in [-0.3, -0.25) is 4.31 Å². The molecule has 0 N–H and O–H groups in total. The Hall–Kier alpha value is -1.30. The van der Waals surface area contributed by atoms with Gasteiger partial charge in [-0.2, -0.15) is 0 Å². The quantitative estimate of drug-likeness (QED) is 0.790. The molecular weight excluding hydrogens is 233 g/mol. The lowest BCUT2D eigenvalue weighted by molar-refractivity contribution is 0.315. The summed E-state index contributed by atoms with van der Waals surface area (Å²) < 4.78 is 43.1. The largest absolute Gasteiger partial charge is 0.489 e. The second-order valence-corrected chi connectivity index (χ2v) is 5.62. The van der Waals surface area contributed by atoms with Gasteiger partial charge in [-0.25, -0.2) is 12.8 Å². The van der Waals surface area contributed by atoms with E-state index in [2.05, 4.69) is 0 Å². The predicted octanol–water partition coefficient (Wildman–Crippen LogP) is 1.37. The number of anilines is 1. The molecule has 1 aromatic carbocycles. The topological polar surface area (TPSA) is 46.6 Å². The van der Waals surface area contributed by atoms with Gasteiger partial charge in [-0.05, 0) is 19.1 Å². The third-order valence-corrected chi connectivity index (χ3v) is 4.22. The van der Waals surface area contributed by atoms with Gasteiger partial charge in [-0.1, -0.05) is 0 Å². The Kier molecular flexibility index (Phi) is 2.75. The summed E-state index contributed by atoms with van der Waals surface area (Å²) in [5.74, 6) is -0.0756. The fourth-order valence-electron chi connectivity index (χ4n) is 1.61. The Bertz CT molecular complexity index is 501. The van der Waals surface area contributed by atoms with E-state index in [0.717, 1.165) is 0 Å². The molecule has 0 unspecified atom stereocenters. The van der Waals surface area contributed by atoms with Crippen LogP contribution in [0.1, 0.15) is 6.92 Å². The molecular formula is C10H12FNO3S. The van der Waals surface area contributed by atoms with Crippen LogP contribution in [0.25, 0.3) is 0 Å². The number of nitrogens with zero attached hydrogens (tertiary/aromatic N) is 1. The molecule has 0 fully saturated rings. The Morgan fingerprint density at radius 3 is 2.94 bits per heavy atom. The van der Waals surface area contributed by atoms with Crippen LogP contribution in [0.3, 0.4) is 0 Å². The van der Waals surface area contributed by atoms with Crippen molar-refractivity contribution in [3.63, 3.8) is 0 Å². The van der Waals surface area contributed by atoms with E-state index in [9.17, 15) is 12.8 Å². The Morgan fingerprint density at radius 1 is 1.50 bits per heavy atom. The maximum atomic E-state index is 13.1. The molecule has 1 aliphatic rings. The molecule has 0 aromatic heterocycles. The summed E-state index contributed by atoms with van der Waals surface area (Å²) in [6.07, 6.45) is 0. The van der Waals surface area contributed by atoms with E-state index in [4.69, 9.17) is 4.74 Å². The minimum atomic E-state index is -3.36. The lowest BCUT2D eigenvalue weighted by Crippen LogP contribution is -2.38. The van der Waals surface area contributed by atoms with Crippen LogP contribution in [0.5, 0.6) is 5.75 Å². The van der Waals surface area contributed by atoms with Gasteiger partial charge in [-0.15, -0.1) is 0 Å². The molecule has 0 aliphatic carbocycles. The van der Waals surface area contributed by atoms with Gasteiger partial charge in [0.2, 0.25) is 10.0 Å². The molecule has 1 aromatic rings. The smallest absolute Gasteiger partial charge is 0.235 e. The highest BCUT2D eigenvalue weighted by Gasteiger charge is 2.27. The summed E-state index contributed by atoms with van der Waals surface area (Å²) >= 11 is 0. The van der Waals surface area contributed by atoms with E-state index in [1.54, 1.807) is 6.92 Å². The lowest BCUT2D eigenvalue weighted by Gasteiger charge is -2.29. The molecule has 0 spiro atoms. The second-order valence-electron chi connectivity index (χ2n) is 3.43. The van der Waals surface area contributed by atoms with Gasteiger partial charge < -0.3 is 4.74 Å². The molecule has 0 radical (unpaired) electrons. The number of hydrogen-bond acceptors (Lipinski definition) is 3. The molecule has 16 heavy (non-hydrogen) atoms. The predicted molar refractivity (Wildman–Crippen MR) is 58.7 cm³/mol. The van der Waals surface area contributed by atoms with Crippen LogP contribution in [-0.4, -0.2) is 27.3 Å². The molecule has 0 atom stereocenters. The van der Waals surface area contributed by atoms with Gasteiger partial charge in [0.25, 0.3) is 0 Å². The summed E-state index contributed by atoms with van der Waals surface area (Å²) in [6.45, 7) is 2.08. The van der Waals surface area contributed by atoms with E-state index >= 15 is 0 Å². The van der Waals surface area contributed by atoms with Crippen molar-refractivity contribution in [2.75, 3.05) is 23.2 Å². The minimum Gasteiger partial charge on any atom is -0.489 e. The first-order chi connectivity index (χ1) is 7.54. The molecule has 1 aliphatic heterocycles. The van der Waals surface area contributed by atoms with Crippen molar-refractivity contribution in [1.29, 1.82) is 0 Å². The fraction of sp³-hybridized carbons (Fsp3) is 0.400.